The summed E-state index contributed by atoms with van der Waals surface area (Å²) in [5.41, 5.74) is 7.30. The maximum Gasteiger partial charge on any atom is 0.244 e. The Morgan fingerprint density at radius 3 is 2.89 bits per heavy atom. The van der Waals surface area contributed by atoms with E-state index in [4.69, 9.17) is 5.73 Å². The highest BCUT2D eigenvalue weighted by atomic mass is 19.1. The molecule has 1 saturated heterocycles. The fourth-order valence-electron chi connectivity index (χ4n) is 2.61. The number of likely N-dealkylation sites (N-methyl/N-ethyl adjacent to an activating group) is 1. The van der Waals surface area contributed by atoms with Crippen molar-refractivity contribution in [3.8, 4) is 0 Å². The summed E-state index contributed by atoms with van der Waals surface area (Å²) >= 11 is 0. The van der Waals surface area contributed by atoms with Crippen LogP contribution in [0.1, 0.15) is 18.4 Å². The topological polar surface area (TPSA) is 49.6 Å². The summed E-state index contributed by atoms with van der Waals surface area (Å²) in [6.07, 6.45) is 1.80. The molecule has 0 radical (unpaired) electrons. The number of nitrogens with zero attached hydrogens (tertiary/aromatic N) is 2. The van der Waals surface area contributed by atoms with Gasteiger partial charge in [-0.25, -0.2) is 4.39 Å². The Morgan fingerprint density at radius 2 is 2.26 bits per heavy atom. The first kappa shape index (κ1) is 13.8. The summed E-state index contributed by atoms with van der Waals surface area (Å²) in [7, 11) is 3.51. The van der Waals surface area contributed by atoms with Gasteiger partial charge < -0.3 is 15.5 Å². The molecule has 1 aliphatic rings. The van der Waals surface area contributed by atoms with Crippen LogP contribution >= 0.6 is 0 Å². The number of nitrogens with two attached hydrogens (primary N) is 1. The zero-order valence-corrected chi connectivity index (χ0v) is 11.4. The van der Waals surface area contributed by atoms with Gasteiger partial charge in [-0.2, -0.15) is 0 Å². The fourth-order valence-corrected chi connectivity index (χ4v) is 2.61. The average Bonchev–Trinajstić information content (AvgIpc) is 2.86. The molecule has 1 heterocycles. The van der Waals surface area contributed by atoms with Gasteiger partial charge >= 0.3 is 0 Å². The first-order valence-corrected chi connectivity index (χ1v) is 6.51. The molecule has 0 spiro atoms. The molecule has 5 heteroatoms. The van der Waals surface area contributed by atoms with Crippen molar-refractivity contribution in [2.45, 2.75) is 25.4 Å². The standard InChI is InChI=1S/C14H20FN3O/c1-17(2)14(19)13-4-3-7-18(13)12-6-5-11(15)8-10(12)9-16/h5-6,8,13H,3-4,7,9,16H2,1-2H3. The van der Waals surface area contributed by atoms with E-state index in [1.165, 1.54) is 12.1 Å². The van der Waals surface area contributed by atoms with Gasteiger partial charge in [0.15, 0.2) is 0 Å². The highest BCUT2D eigenvalue weighted by Crippen LogP contribution is 2.29. The van der Waals surface area contributed by atoms with E-state index in [1.54, 1.807) is 25.1 Å². The molecule has 2 N–H and O–H groups in total. The first-order chi connectivity index (χ1) is 9.04. The van der Waals surface area contributed by atoms with Gasteiger partial charge in [0.25, 0.3) is 0 Å². The normalized spacial score (nSPS) is 18.7. The molecule has 1 aromatic carbocycles. The number of anilines is 1. The first-order valence-electron chi connectivity index (χ1n) is 6.51. The Bertz CT molecular complexity index is 476. The summed E-state index contributed by atoms with van der Waals surface area (Å²) in [4.78, 5) is 15.8. The molecule has 104 valence electrons. The summed E-state index contributed by atoms with van der Waals surface area (Å²) in [6.45, 7) is 1.08. The summed E-state index contributed by atoms with van der Waals surface area (Å²) in [6, 6.07) is 4.43. The second-order valence-corrected chi connectivity index (χ2v) is 5.06. The van der Waals surface area contributed by atoms with Crippen LogP contribution in [0.2, 0.25) is 0 Å². The van der Waals surface area contributed by atoms with E-state index >= 15 is 0 Å². The van der Waals surface area contributed by atoms with Gasteiger partial charge in [0.2, 0.25) is 5.91 Å². The predicted octanol–water partition coefficient (Wildman–Crippen LogP) is 1.34. The number of hydrogen-bond acceptors (Lipinski definition) is 3. The zero-order chi connectivity index (χ0) is 14.0. The molecule has 0 bridgehead atoms. The van der Waals surface area contributed by atoms with Crippen LogP contribution in [0.3, 0.4) is 0 Å². The molecule has 19 heavy (non-hydrogen) atoms. The van der Waals surface area contributed by atoms with Gasteiger partial charge in [-0.1, -0.05) is 0 Å². The number of carbonyl (C=O) groups excluding carboxylic acids is 1. The molecular formula is C14H20FN3O. The third kappa shape index (κ3) is 2.71. The van der Waals surface area contributed by atoms with Crippen LogP contribution in [-0.2, 0) is 11.3 Å². The Kier molecular flexibility index (Phi) is 4.04. The minimum Gasteiger partial charge on any atom is -0.359 e. The quantitative estimate of drug-likeness (QED) is 0.897. The Labute approximate surface area is 113 Å². The average molecular weight is 265 g/mol. The number of halogens is 1. The van der Waals surface area contributed by atoms with E-state index in [1.807, 2.05) is 4.90 Å². The van der Waals surface area contributed by atoms with E-state index in [0.717, 1.165) is 30.6 Å². The van der Waals surface area contributed by atoms with Crippen molar-refractivity contribution < 1.29 is 9.18 Å². The van der Waals surface area contributed by atoms with Crippen molar-refractivity contribution >= 4 is 11.6 Å². The molecule has 1 amide bonds. The van der Waals surface area contributed by atoms with Crippen molar-refractivity contribution in [2.24, 2.45) is 5.73 Å². The molecule has 2 rings (SSSR count). The number of amides is 1. The van der Waals surface area contributed by atoms with Crippen molar-refractivity contribution in [1.29, 1.82) is 0 Å². The zero-order valence-electron chi connectivity index (χ0n) is 11.4. The third-order valence-corrected chi connectivity index (χ3v) is 3.55. The minimum absolute atomic E-state index is 0.0878. The van der Waals surface area contributed by atoms with E-state index in [-0.39, 0.29) is 24.3 Å². The second kappa shape index (κ2) is 5.57. The van der Waals surface area contributed by atoms with Crippen molar-refractivity contribution in [3.63, 3.8) is 0 Å². The molecule has 1 fully saturated rings. The van der Waals surface area contributed by atoms with E-state index in [9.17, 15) is 9.18 Å². The smallest absolute Gasteiger partial charge is 0.244 e. The molecule has 0 aromatic heterocycles. The lowest BCUT2D eigenvalue weighted by atomic mass is 10.1. The third-order valence-electron chi connectivity index (χ3n) is 3.55. The maximum absolute atomic E-state index is 13.3. The molecule has 4 nitrogen and oxygen atoms in total. The van der Waals surface area contributed by atoms with Gasteiger partial charge in [-0.05, 0) is 36.6 Å². The van der Waals surface area contributed by atoms with Crippen LogP contribution in [0.4, 0.5) is 10.1 Å². The Hall–Kier alpha value is -1.62. The number of carbonyl (C=O) groups is 1. The van der Waals surface area contributed by atoms with Gasteiger partial charge in [-0.3, -0.25) is 4.79 Å². The molecule has 1 aliphatic heterocycles. The summed E-state index contributed by atoms with van der Waals surface area (Å²) < 4.78 is 13.3. The Morgan fingerprint density at radius 1 is 1.53 bits per heavy atom. The monoisotopic (exact) mass is 265 g/mol. The van der Waals surface area contributed by atoms with Gasteiger partial charge in [0.05, 0.1) is 0 Å². The molecule has 1 aromatic rings. The molecule has 0 saturated carbocycles. The van der Waals surface area contributed by atoms with E-state index in [2.05, 4.69) is 0 Å². The number of rotatable bonds is 3. The van der Waals surface area contributed by atoms with Gasteiger partial charge in [-0.15, -0.1) is 0 Å². The van der Waals surface area contributed by atoms with E-state index < -0.39 is 0 Å². The van der Waals surface area contributed by atoms with Gasteiger partial charge in [0, 0.05) is 32.9 Å². The van der Waals surface area contributed by atoms with Crippen LogP contribution in [0.25, 0.3) is 0 Å². The SMILES string of the molecule is CN(C)C(=O)C1CCCN1c1ccc(F)cc1CN. The molecule has 1 unspecified atom stereocenters. The van der Waals surface area contributed by atoms with Gasteiger partial charge in [0.1, 0.15) is 11.9 Å². The second-order valence-electron chi connectivity index (χ2n) is 5.06. The van der Waals surface area contributed by atoms with Crippen LogP contribution in [-0.4, -0.2) is 37.5 Å². The lowest BCUT2D eigenvalue weighted by molar-refractivity contribution is -0.129. The predicted molar refractivity (Wildman–Crippen MR) is 73.4 cm³/mol. The highest BCUT2D eigenvalue weighted by molar-refractivity contribution is 5.85. The van der Waals surface area contributed by atoms with Crippen molar-refractivity contribution in [2.75, 3.05) is 25.5 Å². The molecular weight excluding hydrogens is 245 g/mol. The summed E-state index contributed by atoms with van der Waals surface area (Å²) in [5, 5.41) is 0. The van der Waals surface area contributed by atoms with Crippen molar-refractivity contribution in [3.05, 3.63) is 29.6 Å². The lowest BCUT2D eigenvalue weighted by Crippen LogP contribution is -2.43. The Balaban J connectivity index is 2.32. The van der Waals surface area contributed by atoms with E-state index in [0.29, 0.717) is 0 Å². The van der Waals surface area contributed by atoms with Crippen LogP contribution in [0, 0.1) is 5.82 Å². The van der Waals surface area contributed by atoms with Crippen LogP contribution in [0.5, 0.6) is 0 Å². The minimum atomic E-state index is -0.293. The van der Waals surface area contributed by atoms with Crippen LogP contribution < -0.4 is 10.6 Å². The van der Waals surface area contributed by atoms with Crippen molar-refractivity contribution in [1.82, 2.24) is 4.90 Å². The molecule has 0 aliphatic carbocycles. The maximum atomic E-state index is 13.3. The lowest BCUT2D eigenvalue weighted by Gasteiger charge is -2.29. The number of hydrogen-bond donors (Lipinski definition) is 1. The number of benzene rings is 1. The summed E-state index contributed by atoms with van der Waals surface area (Å²) in [5.74, 6) is -0.205. The van der Waals surface area contributed by atoms with Crippen LogP contribution in [0.15, 0.2) is 18.2 Å². The highest BCUT2D eigenvalue weighted by Gasteiger charge is 2.32. The largest absolute Gasteiger partial charge is 0.359 e. The fraction of sp³-hybridized carbons (Fsp3) is 0.500. The molecule has 1 atom stereocenters.